The number of nitrogens with zero attached hydrogens (tertiary/aromatic N) is 2. The van der Waals surface area contributed by atoms with Gasteiger partial charge in [-0.05, 0) is 30.2 Å². The lowest BCUT2D eigenvalue weighted by atomic mass is 10.1. The number of benzene rings is 2. The first-order valence-electron chi connectivity index (χ1n) is 8.47. The molecule has 2 rings (SSSR count). The summed E-state index contributed by atoms with van der Waals surface area (Å²) >= 11 is 0. The number of carbonyl (C=O) groups excluding carboxylic acids is 1. The van der Waals surface area contributed by atoms with E-state index < -0.39 is 0 Å². The Morgan fingerprint density at radius 3 is 2.24 bits per heavy atom. The maximum absolute atomic E-state index is 11.8. The average molecular weight is 338 g/mol. The zero-order valence-electron chi connectivity index (χ0n) is 15.1. The van der Waals surface area contributed by atoms with Gasteiger partial charge in [0.1, 0.15) is 0 Å². The Balaban J connectivity index is 1.95. The van der Waals surface area contributed by atoms with Crippen LogP contribution in [-0.2, 0) is 13.1 Å². The molecular formula is C20H26N4O. The van der Waals surface area contributed by atoms with Crippen LogP contribution in [-0.4, -0.2) is 37.4 Å². The molecule has 0 radical (unpaired) electrons. The van der Waals surface area contributed by atoms with Gasteiger partial charge >= 0.3 is 0 Å². The number of amides is 1. The van der Waals surface area contributed by atoms with Crippen LogP contribution >= 0.6 is 0 Å². The van der Waals surface area contributed by atoms with Crippen LogP contribution in [0.3, 0.4) is 0 Å². The standard InChI is InChI=1S/C20H26N4O/c1-4-21-19(25)18-12-10-17(11-13-18)15-23-20(24(2)3)22-14-16-8-6-5-7-9-16/h5-13H,4,14-15H2,1-3H3,(H,21,25)(H,22,23). The van der Waals surface area contributed by atoms with Gasteiger partial charge in [0.25, 0.3) is 5.91 Å². The van der Waals surface area contributed by atoms with Gasteiger partial charge in [-0.25, -0.2) is 4.99 Å². The molecule has 2 aromatic rings. The third kappa shape index (κ3) is 5.95. The molecule has 0 aliphatic rings. The molecule has 0 fully saturated rings. The first-order chi connectivity index (χ1) is 12.1. The van der Waals surface area contributed by atoms with Gasteiger partial charge in [-0.3, -0.25) is 4.79 Å². The molecule has 0 aliphatic heterocycles. The van der Waals surface area contributed by atoms with Crippen LogP contribution in [0.1, 0.15) is 28.4 Å². The summed E-state index contributed by atoms with van der Waals surface area (Å²) in [6.07, 6.45) is 0. The van der Waals surface area contributed by atoms with Crippen LogP contribution < -0.4 is 10.6 Å². The molecule has 0 unspecified atom stereocenters. The first-order valence-corrected chi connectivity index (χ1v) is 8.47. The smallest absolute Gasteiger partial charge is 0.251 e. The highest BCUT2D eigenvalue weighted by atomic mass is 16.1. The molecule has 0 saturated heterocycles. The van der Waals surface area contributed by atoms with E-state index in [-0.39, 0.29) is 5.91 Å². The summed E-state index contributed by atoms with van der Waals surface area (Å²) in [6.45, 7) is 3.83. The summed E-state index contributed by atoms with van der Waals surface area (Å²) in [5.74, 6) is 0.789. The molecule has 0 heterocycles. The van der Waals surface area contributed by atoms with Crippen LogP contribution in [0.25, 0.3) is 0 Å². The Morgan fingerprint density at radius 2 is 1.64 bits per heavy atom. The molecule has 0 saturated carbocycles. The van der Waals surface area contributed by atoms with E-state index in [1.54, 1.807) is 0 Å². The van der Waals surface area contributed by atoms with Gasteiger partial charge in [-0.1, -0.05) is 42.5 Å². The lowest BCUT2D eigenvalue weighted by Gasteiger charge is -2.18. The van der Waals surface area contributed by atoms with Crippen molar-refractivity contribution in [3.8, 4) is 0 Å². The second kappa shape index (κ2) is 9.47. The summed E-state index contributed by atoms with van der Waals surface area (Å²) in [7, 11) is 3.93. The van der Waals surface area contributed by atoms with E-state index in [9.17, 15) is 4.79 Å². The lowest BCUT2D eigenvalue weighted by Crippen LogP contribution is -2.36. The summed E-state index contributed by atoms with van der Waals surface area (Å²) in [5.41, 5.74) is 2.95. The fourth-order valence-electron chi connectivity index (χ4n) is 2.32. The van der Waals surface area contributed by atoms with Crippen LogP contribution in [0.2, 0.25) is 0 Å². The number of nitrogens with one attached hydrogen (secondary N) is 2. The van der Waals surface area contributed by atoms with Crippen LogP contribution in [0.15, 0.2) is 59.6 Å². The molecule has 0 aromatic heterocycles. The minimum Gasteiger partial charge on any atom is -0.352 e. The highest BCUT2D eigenvalue weighted by molar-refractivity contribution is 5.94. The molecule has 2 aromatic carbocycles. The number of rotatable bonds is 6. The van der Waals surface area contributed by atoms with Gasteiger partial charge in [-0.15, -0.1) is 0 Å². The Kier molecular flexibility index (Phi) is 7.01. The van der Waals surface area contributed by atoms with Gasteiger partial charge in [0, 0.05) is 32.7 Å². The Morgan fingerprint density at radius 1 is 0.960 bits per heavy atom. The summed E-state index contributed by atoms with van der Waals surface area (Å²) < 4.78 is 0. The maximum Gasteiger partial charge on any atom is 0.251 e. The number of hydrogen-bond donors (Lipinski definition) is 2. The average Bonchev–Trinajstić information content (AvgIpc) is 2.63. The minimum absolute atomic E-state index is 0.0413. The summed E-state index contributed by atoms with van der Waals surface area (Å²) in [5, 5.41) is 6.15. The van der Waals surface area contributed by atoms with Crippen LogP contribution in [0.5, 0.6) is 0 Å². The first kappa shape index (κ1) is 18.5. The van der Waals surface area contributed by atoms with Crippen molar-refractivity contribution in [3.63, 3.8) is 0 Å². The second-order valence-corrected chi connectivity index (χ2v) is 5.93. The molecule has 2 N–H and O–H groups in total. The normalized spacial score (nSPS) is 11.1. The van der Waals surface area contributed by atoms with Crippen molar-refractivity contribution >= 4 is 11.9 Å². The van der Waals surface area contributed by atoms with Crippen LogP contribution in [0.4, 0.5) is 0 Å². The third-order valence-electron chi connectivity index (χ3n) is 3.68. The van der Waals surface area contributed by atoms with Crippen molar-refractivity contribution in [1.29, 1.82) is 0 Å². The van der Waals surface area contributed by atoms with Crippen LogP contribution in [0, 0.1) is 0 Å². The van der Waals surface area contributed by atoms with E-state index in [0.29, 0.717) is 25.2 Å². The number of hydrogen-bond acceptors (Lipinski definition) is 2. The zero-order valence-corrected chi connectivity index (χ0v) is 15.1. The lowest BCUT2D eigenvalue weighted by molar-refractivity contribution is 0.0956. The van der Waals surface area contributed by atoms with Crippen molar-refractivity contribution in [2.75, 3.05) is 20.6 Å². The second-order valence-electron chi connectivity index (χ2n) is 5.93. The Hall–Kier alpha value is -2.82. The fraction of sp³-hybridized carbons (Fsp3) is 0.300. The van der Waals surface area contributed by atoms with Crippen molar-refractivity contribution in [2.24, 2.45) is 4.99 Å². The maximum atomic E-state index is 11.8. The molecule has 5 nitrogen and oxygen atoms in total. The van der Waals surface area contributed by atoms with E-state index in [1.807, 2.05) is 68.4 Å². The molecule has 0 aliphatic carbocycles. The van der Waals surface area contributed by atoms with Gasteiger partial charge in [0.05, 0.1) is 6.54 Å². The van der Waals surface area contributed by atoms with Gasteiger partial charge in [0.2, 0.25) is 0 Å². The van der Waals surface area contributed by atoms with E-state index in [0.717, 1.165) is 11.5 Å². The fourth-order valence-corrected chi connectivity index (χ4v) is 2.32. The number of carbonyl (C=O) groups is 1. The molecule has 0 atom stereocenters. The largest absolute Gasteiger partial charge is 0.352 e. The van der Waals surface area contributed by atoms with Crippen molar-refractivity contribution < 1.29 is 4.79 Å². The predicted octanol–water partition coefficient (Wildman–Crippen LogP) is 2.64. The van der Waals surface area contributed by atoms with E-state index in [4.69, 9.17) is 0 Å². The molecule has 25 heavy (non-hydrogen) atoms. The van der Waals surface area contributed by atoms with Crippen molar-refractivity contribution in [3.05, 3.63) is 71.3 Å². The minimum atomic E-state index is -0.0413. The third-order valence-corrected chi connectivity index (χ3v) is 3.68. The molecule has 5 heteroatoms. The summed E-state index contributed by atoms with van der Waals surface area (Å²) in [4.78, 5) is 18.4. The summed E-state index contributed by atoms with van der Waals surface area (Å²) in [6, 6.07) is 17.8. The number of guanidine groups is 1. The molecule has 1 amide bonds. The van der Waals surface area contributed by atoms with Gasteiger partial charge < -0.3 is 15.5 Å². The zero-order chi connectivity index (χ0) is 18.1. The number of aliphatic imine (C=N–C) groups is 1. The van der Waals surface area contributed by atoms with E-state index >= 15 is 0 Å². The predicted molar refractivity (Wildman–Crippen MR) is 103 cm³/mol. The molecule has 0 spiro atoms. The SMILES string of the molecule is CCNC(=O)c1ccc(CNC(=NCc2ccccc2)N(C)C)cc1. The van der Waals surface area contributed by atoms with E-state index in [2.05, 4.69) is 27.8 Å². The van der Waals surface area contributed by atoms with Crippen molar-refractivity contribution in [2.45, 2.75) is 20.0 Å². The van der Waals surface area contributed by atoms with Crippen molar-refractivity contribution in [1.82, 2.24) is 15.5 Å². The Labute approximate surface area is 149 Å². The van der Waals surface area contributed by atoms with Gasteiger partial charge in [-0.2, -0.15) is 0 Å². The molecule has 132 valence electrons. The van der Waals surface area contributed by atoms with E-state index in [1.165, 1.54) is 5.56 Å². The van der Waals surface area contributed by atoms with Gasteiger partial charge in [0.15, 0.2) is 5.96 Å². The molecular weight excluding hydrogens is 312 g/mol. The highest BCUT2D eigenvalue weighted by Gasteiger charge is 2.05. The Bertz CT molecular complexity index is 693. The molecule has 0 bridgehead atoms. The highest BCUT2D eigenvalue weighted by Crippen LogP contribution is 2.05. The topological polar surface area (TPSA) is 56.7 Å². The monoisotopic (exact) mass is 338 g/mol. The quantitative estimate of drug-likeness (QED) is 0.629.